The molecule has 22 heavy (non-hydrogen) atoms. The lowest BCUT2D eigenvalue weighted by molar-refractivity contribution is 0.277. The van der Waals surface area contributed by atoms with E-state index in [2.05, 4.69) is 13.8 Å². The van der Waals surface area contributed by atoms with Gasteiger partial charge in [0.2, 0.25) is 0 Å². The Bertz CT molecular complexity index is 278. The van der Waals surface area contributed by atoms with E-state index in [1.165, 1.54) is 96.3 Å². The van der Waals surface area contributed by atoms with Crippen LogP contribution < -0.4 is 0 Å². The molecule has 0 saturated heterocycles. The molecule has 0 radical (unpaired) electrons. The van der Waals surface area contributed by atoms with Gasteiger partial charge in [-0.25, -0.2) is 0 Å². The highest BCUT2D eigenvalue weighted by atomic mass is 14.4. The van der Waals surface area contributed by atoms with E-state index < -0.39 is 0 Å². The summed E-state index contributed by atoms with van der Waals surface area (Å²) in [5.74, 6) is 2.24. The van der Waals surface area contributed by atoms with E-state index in [9.17, 15) is 0 Å². The van der Waals surface area contributed by atoms with E-state index in [1.54, 1.807) is 12.8 Å². The maximum atomic E-state index is 2.52. The lowest BCUT2D eigenvalue weighted by Gasteiger charge is -2.24. The lowest BCUT2D eigenvalue weighted by atomic mass is 9.81. The number of rotatable bonds is 0. The van der Waals surface area contributed by atoms with Gasteiger partial charge in [0, 0.05) is 0 Å². The average molecular weight is 307 g/mol. The summed E-state index contributed by atoms with van der Waals surface area (Å²) < 4.78 is 0. The first-order valence-corrected chi connectivity index (χ1v) is 10.7. The lowest BCUT2D eigenvalue weighted by Crippen LogP contribution is -2.11. The Morgan fingerprint density at radius 2 is 0.955 bits per heavy atom. The zero-order valence-corrected chi connectivity index (χ0v) is 15.7. The Balaban J connectivity index is 1.66. The molecule has 0 aromatic rings. The van der Waals surface area contributed by atoms with Crippen molar-refractivity contribution >= 4 is 0 Å². The fraction of sp³-hybridized carbons (Fsp3) is 1.00. The van der Waals surface area contributed by atoms with Crippen LogP contribution in [0.25, 0.3) is 0 Å². The highest BCUT2D eigenvalue weighted by Crippen LogP contribution is 2.47. The summed E-state index contributed by atoms with van der Waals surface area (Å²) in [5.41, 5.74) is 0.607. The number of fused-ring (bicyclic) bond motifs is 1. The zero-order chi connectivity index (χ0) is 15.7. The molecule has 0 heterocycles. The Kier molecular flexibility index (Phi) is 8.33. The van der Waals surface area contributed by atoms with Gasteiger partial charge in [0.25, 0.3) is 0 Å². The van der Waals surface area contributed by atoms with Crippen molar-refractivity contribution in [1.82, 2.24) is 0 Å². The molecule has 0 aromatic carbocycles. The van der Waals surface area contributed by atoms with Crippen molar-refractivity contribution in [3.63, 3.8) is 0 Å². The smallest absolute Gasteiger partial charge is 0.0354 e. The van der Waals surface area contributed by atoms with Crippen molar-refractivity contribution < 1.29 is 0 Å². The summed E-state index contributed by atoms with van der Waals surface area (Å²) in [6, 6.07) is 0. The van der Waals surface area contributed by atoms with Gasteiger partial charge >= 0.3 is 0 Å². The first-order valence-electron chi connectivity index (χ1n) is 10.7. The first kappa shape index (κ1) is 18.3. The van der Waals surface area contributed by atoms with Gasteiger partial charge in [-0.05, 0) is 42.9 Å². The maximum absolute atomic E-state index is 2.52. The molecule has 2 aliphatic rings. The molecule has 130 valence electrons. The summed E-state index contributed by atoms with van der Waals surface area (Å²) in [5, 5.41) is 0. The topological polar surface area (TPSA) is 0 Å². The molecule has 0 spiro atoms. The van der Waals surface area contributed by atoms with Gasteiger partial charge in [-0.2, -0.15) is 0 Å². The van der Waals surface area contributed by atoms with Crippen molar-refractivity contribution in [3.8, 4) is 0 Å². The standard InChI is InChI=1S/C22H42/c1-22(2)17-14-12-10-8-6-4-3-5-7-9-11-13-15-20-19-21(20)16-18-22/h20-21H,3-19H2,1-2H3. The molecule has 0 N–H and O–H groups in total. The predicted octanol–water partition coefficient (Wildman–Crippen LogP) is 7.90. The van der Waals surface area contributed by atoms with Gasteiger partial charge in [-0.1, -0.05) is 97.3 Å². The third-order valence-electron chi connectivity index (χ3n) is 6.44. The first-order chi connectivity index (χ1) is 10.7. The minimum atomic E-state index is 0.607. The zero-order valence-electron chi connectivity index (χ0n) is 15.7. The van der Waals surface area contributed by atoms with Crippen molar-refractivity contribution in [2.24, 2.45) is 17.3 Å². The van der Waals surface area contributed by atoms with Crippen molar-refractivity contribution in [1.29, 1.82) is 0 Å². The van der Waals surface area contributed by atoms with Gasteiger partial charge < -0.3 is 0 Å². The predicted molar refractivity (Wildman–Crippen MR) is 99.3 cm³/mol. The van der Waals surface area contributed by atoms with Crippen LogP contribution in [0.3, 0.4) is 0 Å². The third kappa shape index (κ3) is 8.02. The van der Waals surface area contributed by atoms with Crippen molar-refractivity contribution in [2.75, 3.05) is 0 Å². The third-order valence-corrected chi connectivity index (χ3v) is 6.44. The Labute approximate surface area is 140 Å². The molecule has 0 heteroatoms. The highest BCUT2D eigenvalue weighted by Gasteiger charge is 2.36. The second-order valence-corrected chi connectivity index (χ2v) is 9.24. The molecule has 2 atom stereocenters. The van der Waals surface area contributed by atoms with E-state index in [-0.39, 0.29) is 0 Å². The molecule has 0 nitrogen and oxygen atoms in total. The monoisotopic (exact) mass is 306 g/mol. The average Bonchev–Trinajstić information content (AvgIpc) is 3.23. The van der Waals surface area contributed by atoms with E-state index in [1.807, 2.05) is 0 Å². The van der Waals surface area contributed by atoms with Crippen LogP contribution in [0, 0.1) is 17.3 Å². The molecule has 0 aromatic heterocycles. The Morgan fingerprint density at radius 3 is 1.55 bits per heavy atom. The van der Waals surface area contributed by atoms with Gasteiger partial charge in [-0.3, -0.25) is 0 Å². The van der Waals surface area contributed by atoms with Gasteiger partial charge in [0.1, 0.15) is 0 Å². The summed E-state index contributed by atoms with van der Waals surface area (Å²) >= 11 is 0. The van der Waals surface area contributed by atoms with Crippen LogP contribution in [0.4, 0.5) is 0 Å². The van der Waals surface area contributed by atoms with Crippen LogP contribution in [0.15, 0.2) is 0 Å². The van der Waals surface area contributed by atoms with Crippen LogP contribution in [0.1, 0.15) is 123 Å². The van der Waals surface area contributed by atoms with E-state index in [0.717, 1.165) is 11.8 Å². The quantitative estimate of drug-likeness (QED) is 0.426. The second-order valence-electron chi connectivity index (χ2n) is 9.24. The molecule has 2 rings (SSSR count). The van der Waals surface area contributed by atoms with Crippen molar-refractivity contribution in [3.05, 3.63) is 0 Å². The van der Waals surface area contributed by atoms with Crippen LogP contribution in [-0.4, -0.2) is 0 Å². The molecule has 2 unspecified atom stereocenters. The van der Waals surface area contributed by atoms with Gasteiger partial charge in [0.05, 0.1) is 0 Å². The Morgan fingerprint density at radius 1 is 0.500 bits per heavy atom. The molecule has 2 aliphatic carbocycles. The van der Waals surface area contributed by atoms with E-state index in [0.29, 0.717) is 5.41 Å². The summed E-state index contributed by atoms with van der Waals surface area (Å²) in [7, 11) is 0. The second kappa shape index (κ2) is 9.99. The highest BCUT2D eigenvalue weighted by molar-refractivity contribution is 4.87. The van der Waals surface area contributed by atoms with Crippen LogP contribution in [-0.2, 0) is 0 Å². The molecule has 2 fully saturated rings. The maximum Gasteiger partial charge on any atom is -0.0354 e. The summed E-state index contributed by atoms with van der Waals surface area (Å²) in [6.45, 7) is 5.04. The molecule has 0 bridgehead atoms. The number of hydrogen-bond acceptors (Lipinski definition) is 0. The van der Waals surface area contributed by atoms with E-state index in [4.69, 9.17) is 0 Å². The Hall–Kier alpha value is 0. The largest absolute Gasteiger partial charge is 0.0599 e. The van der Waals surface area contributed by atoms with Gasteiger partial charge in [-0.15, -0.1) is 0 Å². The molecule has 2 saturated carbocycles. The summed E-state index contributed by atoms with van der Waals surface area (Å²) in [4.78, 5) is 0. The summed E-state index contributed by atoms with van der Waals surface area (Å²) in [6.07, 6.45) is 25.5. The van der Waals surface area contributed by atoms with E-state index >= 15 is 0 Å². The molecule has 0 amide bonds. The molecular formula is C22H42. The van der Waals surface area contributed by atoms with Crippen LogP contribution >= 0.6 is 0 Å². The van der Waals surface area contributed by atoms with Crippen LogP contribution in [0.5, 0.6) is 0 Å². The van der Waals surface area contributed by atoms with Crippen molar-refractivity contribution in [2.45, 2.75) is 123 Å². The van der Waals surface area contributed by atoms with Gasteiger partial charge in [0.15, 0.2) is 0 Å². The molecular weight excluding hydrogens is 264 g/mol. The van der Waals surface area contributed by atoms with Crippen LogP contribution in [0.2, 0.25) is 0 Å². The normalized spacial score (nSPS) is 33.0. The number of hydrogen-bond donors (Lipinski definition) is 0. The fourth-order valence-corrected chi connectivity index (χ4v) is 4.50. The SMILES string of the molecule is CC1(C)CCCCCCCCCCCCCCC2CC2CC1. The fourth-order valence-electron chi connectivity index (χ4n) is 4.50. The minimum Gasteiger partial charge on any atom is -0.0599 e. The minimum absolute atomic E-state index is 0.607. The molecule has 0 aliphatic heterocycles.